The molecular weight excluding hydrogens is 224 g/mol. The molecule has 1 aromatic carbocycles. The van der Waals surface area contributed by atoms with E-state index in [1.54, 1.807) is 12.1 Å². The normalized spacial score (nSPS) is 11.4. The standard InChI is InChI=1S/C9H11ClO3S/c1-7-3-4-8(6-14(10,11)12)9(5-7)13-2/h3-5H,6H2,1-2H3. The maximum absolute atomic E-state index is 10.9. The Morgan fingerprint density at radius 2 is 2.07 bits per heavy atom. The van der Waals surface area contributed by atoms with Crippen molar-refractivity contribution < 1.29 is 13.2 Å². The van der Waals surface area contributed by atoms with Crippen LogP contribution < -0.4 is 4.74 Å². The van der Waals surface area contributed by atoms with E-state index in [-0.39, 0.29) is 5.75 Å². The highest BCUT2D eigenvalue weighted by molar-refractivity contribution is 8.13. The first-order valence-electron chi connectivity index (χ1n) is 3.98. The summed E-state index contributed by atoms with van der Waals surface area (Å²) < 4.78 is 26.8. The van der Waals surface area contributed by atoms with Crippen molar-refractivity contribution in [2.75, 3.05) is 7.11 Å². The topological polar surface area (TPSA) is 43.4 Å². The Kier molecular flexibility index (Phi) is 3.39. The molecule has 1 aromatic rings. The maximum Gasteiger partial charge on any atom is 0.236 e. The molecular formula is C9H11ClO3S. The molecule has 1 rings (SSSR count). The molecule has 5 heteroatoms. The molecule has 3 nitrogen and oxygen atoms in total. The molecule has 0 saturated heterocycles. The van der Waals surface area contributed by atoms with Gasteiger partial charge in [-0.2, -0.15) is 0 Å². The SMILES string of the molecule is COc1cc(C)ccc1CS(=O)(=O)Cl. The van der Waals surface area contributed by atoms with Crippen LogP contribution in [0.5, 0.6) is 5.75 Å². The number of benzene rings is 1. The fourth-order valence-corrected chi connectivity index (χ4v) is 2.12. The molecule has 0 N–H and O–H groups in total. The molecule has 0 aliphatic heterocycles. The van der Waals surface area contributed by atoms with Crippen LogP contribution in [0.15, 0.2) is 18.2 Å². The smallest absolute Gasteiger partial charge is 0.236 e. The van der Waals surface area contributed by atoms with Gasteiger partial charge in [-0.25, -0.2) is 8.42 Å². The molecule has 0 radical (unpaired) electrons. The Bertz CT molecular complexity index is 426. The third kappa shape index (κ3) is 3.20. The highest BCUT2D eigenvalue weighted by atomic mass is 35.7. The molecule has 0 spiro atoms. The lowest BCUT2D eigenvalue weighted by atomic mass is 10.1. The van der Waals surface area contributed by atoms with E-state index < -0.39 is 9.05 Å². The quantitative estimate of drug-likeness (QED) is 0.752. The van der Waals surface area contributed by atoms with E-state index >= 15 is 0 Å². The molecule has 0 atom stereocenters. The summed E-state index contributed by atoms with van der Waals surface area (Å²) in [5, 5.41) is 0. The lowest BCUT2D eigenvalue weighted by Crippen LogP contribution is -1.98. The molecule has 0 heterocycles. The van der Waals surface area contributed by atoms with Crippen LogP contribution in [0.25, 0.3) is 0 Å². The predicted octanol–water partition coefficient (Wildman–Crippen LogP) is 2.07. The Labute approximate surface area is 88.1 Å². The van der Waals surface area contributed by atoms with Crippen LogP contribution in [0.3, 0.4) is 0 Å². The van der Waals surface area contributed by atoms with Crippen LogP contribution in [0.1, 0.15) is 11.1 Å². The second-order valence-corrected chi connectivity index (χ2v) is 5.78. The summed E-state index contributed by atoms with van der Waals surface area (Å²) in [6.45, 7) is 1.90. The van der Waals surface area contributed by atoms with E-state index in [0.717, 1.165) is 5.56 Å². The Morgan fingerprint density at radius 1 is 1.43 bits per heavy atom. The predicted molar refractivity (Wildman–Crippen MR) is 56.2 cm³/mol. The lowest BCUT2D eigenvalue weighted by molar-refractivity contribution is 0.410. The number of rotatable bonds is 3. The van der Waals surface area contributed by atoms with E-state index in [1.807, 2.05) is 13.0 Å². The molecule has 0 bridgehead atoms. The maximum atomic E-state index is 10.9. The summed E-state index contributed by atoms with van der Waals surface area (Å²) in [5.41, 5.74) is 1.59. The van der Waals surface area contributed by atoms with Gasteiger partial charge in [0, 0.05) is 16.2 Å². The van der Waals surface area contributed by atoms with Gasteiger partial charge in [-0.1, -0.05) is 12.1 Å². The first-order valence-corrected chi connectivity index (χ1v) is 6.46. The van der Waals surface area contributed by atoms with Crippen LogP contribution in [0.4, 0.5) is 0 Å². The number of hydrogen-bond donors (Lipinski definition) is 0. The monoisotopic (exact) mass is 234 g/mol. The van der Waals surface area contributed by atoms with Crippen molar-refractivity contribution in [3.63, 3.8) is 0 Å². The number of hydrogen-bond acceptors (Lipinski definition) is 3. The number of ether oxygens (including phenoxy) is 1. The van der Waals surface area contributed by atoms with Crippen molar-refractivity contribution in [2.45, 2.75) is 12.7 Å². The zero-order chi connectivity index (χ0) is 10.8. The Morgan fingerprint density at radius 3 is 2.57 bits per heavy atom. The largest absolute Gasteiger partial charge is 0.496 e. The molecule has 0 amide bonds. The molecule has 0 aromatic heterocycles. The minimum Gasteiger partial charge on any atom is -0.496 e. The average Bonchev–Trinajstić information content (AvgIpc) is 2.06. The number of aryl methyl sites for hydroxylation is 1. The van der Waals surface area contributed by atoms with Crippen LogP contribution in [-0.2, 0) is 14.8 Å². The second kappa shape index (κ2) is 4.19. The van der Waals surface area contributed by atoms with Crippen LogP contribution in [0, 0.1) is 6.92 Å². The van der Waals surface area contributed by atoms with E-state index in [4.69, 9.17) is 15.4 Å². The fraction of sp³-hybridized carbons (Fsp3) is 0.333. The van der Waals surface area contributed by atoms with Gasteiger partial charge in [-0.3, -0.25) is 0 Å². The number of halogens is 1. The van der Waals surface area contributed by atoms with Gasteiger partial charge >= 0.3 is 0 Å². The van der Waals surface area contributed by atoms with Gasteiger partial charge in [-0.15, -0.1) is 0 Å². The van der Waals surface area contributed by atoms with Crippen molar-refractivity contribution in [1.82, 2.24) is 0 Å². The summed E-state index contributed by atoms with van der Waals surface area (Å²) in [5.74, 6) is 0.340. The zero-order valence-corrected chi connectivity index (χ0v) is 9.52. The summed E-state index contributed by atoms with van der Waals surface area (Å²) >= 11 is 0. The Balaban J connectivity index is 3.09. The van der Waals surface area contributed by atoms with Gasteiger partial charge < -0.3 is 4.74 Å². The summed E-state index contributed by atoms with van der Waals surface area (Å²) in [6, 6.07) is 5.30. The van der Waals surface area contributed by atoms with Crippen molar-refractivity contribution in [3.8, 4) is 5.75 Å². The second-order valence-electron chi connectivity index (χ2n) is 3.00. The summed E-state index contributed by atoms with van der Waals surface area (Å²) in [6.07, 6.45) is 0. The lowest BCUT2D eigenvalue weighted by Gasteiger charge is -2.07. The van der Waals surface area contributed by atoms with E-state index in [0.29, 0.717) is 11.3 Å². The highest BCUT2D eigenvalue weighted by Crippen LogP contribution is 2.23. The van der Waals surface area contributed by atoms with Crippen molar-refractivity contribution in [1.29, 1.82) is 0 Å². The summed E-state index contributed by atoms with van der Waals surface area (Å²) in [4.78, 5) is 0. The fourth-order valence-electron chi connectivity index (χ4n) is 1.16. The van der Waals surface area contributed by atoms with Crippen molar-refractivity contribution in [2.24, 2.45) is 0 Å². The first kappa shape index (κ1) is 11.3. The van der Waals surface area contributed by atoms with Crippen LogP contribution in [-0.4, -0.2) is 15.5 Å². The molecule has 14 heavy (non-hydrogen) atoms. The molecule has 0 aliphatic carbocycles. The minimum absolute atomic E-state index is 0.210. The van der Waals surface area contributed by atoms with Gasteiger partial charge in [-0.05, 0) is 18.6 Å². The third-order valence-corrected chi connectivity index (χ3v) is 2.75. The average molecular weight is 235 g/mol. The van der Waals surface area contributed by atoms with Gasteiger partial charge in [0.15, 0.2) is 0 Å². The van der Waals surface area contributed by atoms with Gasteiger partial charge in [0.05, 0.1) is 12.9 Å². The van der Waals surface area contributed by atoms with Crippen LogP contribution in [0.2, 0.25) is 0 Å². The first-order chi connectivity index (χ1) is 6.42. The third-order valence-electron chi connectivity index (χ3n) is 1.77. The molecule has 0 fully saturated rings. The van der Waals surface area contributed by atoms with E-state index in [2.05, 4.69) is 0 Å². The summed E-state index contributed by atoms with van der Waals surface area (Å²) in [7, 11) is 3.12. The molecule has 0 unspecified atom stereocenters. The van der Waals surface area contributed by atoms with E-state index in [1.165, 1.54) is 7.11 Å². The zero-order valence-electron chi connectivity index (χ0n) is 7.95. The molecule has 0 aliphatic rings. The molecule has 78 valence electrons. The van der Waals surface area contributed by atoms with Gasteiger partial charge in [0.25, 0.3) is 0 Å². The number of methoxy groups -OCH3 is 1. The van der Waals surface area contributed by atoms with Gasteiger partial charge in [0.2, 0.25) is 9.05 Å². The van der Waals surface area contributed by atoms with Crippen LogP contribution >= 0.6 is 10.7 Å². The van der Waals surface area contributed by atoms with E-state index in [9.17, 15) is 8.42 Å². The molecule has 0 saturated carbocycles. The Hall–Kier alpha value is -0.740. The highest BCUT2D eigenvalue weighted by Gasteiger charge is 2.11. The van der Waals surface area contributed by atoms with Crippen molar-refractivity contribution >= 4 is 19.7 Å². The van der Waals surface area contributed by atoms with Gasteiger partial charge in [0.1, 0.15) is 5.75 Å². The van der Waals surface area contributed by atoms with Crippen molar-refractivity contribution in [3.05, 3.63) is 29.3 Å². The minimum atomic E-state index is -3.53.